The Morgan fingerprint density at radius 3 is 1.57 bits per heavy atom. The van der Waals surface area contributed by atoms with Crippen LogP contribution in [0.3, 0.4) is 0 Å². The molecule has 7 heavy (non-hydrogen) atoms. The molecule has 0 saturated carbocycles. The maximum atomic E-state index is 8.07. The van der Waals surface area contributed by atoms with Crippen LogP contribution < -0.4 is 5.48 Å². The zero-order chi connectivity index (χ0) is 5.86. The van der Waals surface area contributed by atoms with Crippen LogP contribution in [0, 0.1) is 0 Å². The third-order valence-corrected chi connectivity index (χ3v) is 0.415. The SMILES string of the molecule is ON[C@@H](O)C(O)O. The van der Waals surface area contributed by atoms with Crippen LogP contribution in [0.1, 0.15) is 0 Å². The fraction of sp³-hybridized carbons (Fsp3) is 1.00. The van der Waals surface area contributed by atoms with Crippen molar-refractivity contribution < 1.29 is 20.5 Å². The first kappa shape index (κ1) is 6.80. The van der Waals surface area contributed by atoms with E-state index in [4.69, 9.17) is 20.5 Å². The molecule has 0 aromatic carbocycles. The van der Waals surface area contributed by atoms with Gasteiger partial charge in [0.2, 0.25) is 0 Å². The van der Waals surface area contributed by atoms with Gasteiger partial charge in [0.1, 0.15) is 0 Å². The monoisotopic (exact) mass is 109 g/mol. The van der Waals surface area contributed by atoms with Gasteiger partial charge in [-0.3, -0.25) is 0 Å². The molecule has 0 rings (SSSR count). The van der Waals surface area contributed by atoms with Crippen molar-refractivity contribution in [2.45, 2.75) is 12.5 Å². The fourth-order valence-electron chi connectivity index (χ4n) is 0.0667. The van der Waals surface area contributed by atoms with E-state index in [0.29, 0.717) is 0 Å². The van der Waals surface area contributed by atoms with Crippen molar-refractivity contribution in [2.75, 3.05) is 0 Å². The molecule has 5 N–H and O–H groups in total. The second-order valence-electron chi connectivity index (χ2n) is 0.988. The standard InChI is InChI=1S/C2H7NO4/c4-1(3-7)2(5)6/h1-7H/t1-/m0/s1. The van der Waals surface area contributed by atoms with Gasteiger partial charge in [-0.25, -0.2) is 0 Å². The molecule has 0 heterocycles. The summed E-state index contributed by atoms with van der Waals surface area (Å²) in [6.07, 6.45) is -3.62. The normalized spacial score (nSPS) is 15.0. The number of nitrogens with one attached hydrogen (secondary N) is 1. The van der Waals surface area contributed by atoms with E-state index in [9.17, 15) is 0 Å². The molecule has 0 aromatic rings. The highest BCUT2D eigenvalue weighted by Gasteiger charge is 2.08. The highest BCUT2D eigenvalue weighted by atomic mass is 16.5. The lowest BCUT2D eigenvalue weighted by Gasteiger charge is -2.07. The summed E-state index contributed by atoms with van der Waals surface area (Å²) in [4.78, 5) is 0. The minimum atomic E-state index is -1.94. The number of aliphatic hydroxyl groups excluding tert-OH is 2. The largest absolute Gasteiger partial charge is 0.372 e. The molecule has 0 saturated heterocycles. The summed E-state index contributed by atoms with van der Waals surface area (Å²) in [7, 11) is 0. The number of hydroxylamine groups is 1. The summed E-state index contributed by atoms with van der Waals surface area (Å²) >= 11 is 0. The van der Waals surface area contributed by atoms with Gasteiger partial charge in [-0.2, -0.15) is 5.48 Å². The van der Waals surface area contributed by atoms with E-state index in [1.165, 1.54) is 5.48 Å². The first-order valence-corrected chi connectivity index (χ1v) is 1.62. The molecule has 0 aliphatic rings. The molecular weight excluding hydrogens is 102 g/mol. The lowest BCUT2D eigenvalue weighted by Crippen LogP contribution is -2.37. The summed E-state index contributed by atoms with van der Waals surface area (Å²) in [5, 5.41) is 31.6. The van der Waals surface area contributed by atoms with Gasteiger partial charge in [0.05, 0.1) is 0 Å². The van der Waals surface area contributed by atoms with Gasteiger partial charge in [0.25, 0.3) is 0 Å². The van der Waals surface area contributed by atoms with E-state index in [2.05, 4.69) is 0 Å². The average molecular weight is 109 g/mol. The van der Waals surface area contributed by atoms with Crippen LogP contribution in [0.15, 0.2) is 0 Å². The summed E-state index contributed by atoms with van der Waals surface area (Å²) < 4.78 is 0. The van der Waals surface area contributed by atoms with Crippen LogP contribution in [0.25, 0.3) is 0 Å². The third-order valence-electron chi connectivity index (χ3n) is 0.415. The molecule has 44 valence electrons. The average Bonchev–Trinajstić information content (AvgIpc) is 1.65. The molecule has 0 bridgehead atoms. The van der Waals surface area contributed by atoms with Gasteiger partial charge in [-0.05, 0) is 0 Å². The summed E-state index contributed by atoms with van der Waals surface area (Å²) in [5.41, 5.74) is 1.22. The number of rotatable bonds is 2. The lowest BCUT2D eigenvalue weighted by atomic mass is 10.6. The summed E-state index contributed by atoms with van der Waals surface area (Å²) in [6, 6.07) is 0. The van der Waals surface area contributed by atoms with Gasteiger partial charge in [0, 0.05) is 0 Å². The minimum Gasteiger partial charge on any atom is -0.372 e. The molecule has 0 aliphatic heterocycles. The quantitative estimate of drug-likeness (QED) is 0.201. The van der Waals surface area contributed by atoms with Gasteiger partial charge in [-0.1, -0.05) is 0 Å². The van der Waals surface area contributed by atoms with Crippen LogP contribution in [0.5, 0.6) is 0 Å². The maximum absolute atomic E-state index is 8.07. The van der Waals surface area contributed by atoms with E-state index < -0.39 is 12.5 Å². The van der Waals surface area contributed by atoms with Crippen molar-refractivity contribution in [2.24, 2.45) is 0 Å². The Bertz CT molecular complexity index is 47.0. The van der Waals surface area contributed by atoms with Crippen LogP contribution in [-0.4, -0.2) is 33.0 Å². The molecular formula is C2H7NO4. The first-order valence-electron chi connectivity index (χ1n) is 1.62. The van der Waals surface area contributed by atoms with Crippen LogP contribution in [0.2, 0.25) is 0 Å². The molecule has 5 heteroatoms. The Morgan fingerprint density at radius 1 is 1.14 bits per heavy atom. The van der Waals surface area contributed by atoms with Crippen molar-refractivity contribution in [3.8, 4) is 0 Å². The molecule has 0 spiro atoms. The predicted molar refractivity (Wildman–Crippen MR) is 19.2 cm³/mol. The first-order chi connectivity index (χ1) is 3.18. The molecule has 5 nitrogen and oxygen atoms in total. The molecule has 0 unspecified atom stereocenters. The van der Waals surface area contributed by atoms with Gasteiger partial charge >= 0.3 is 0 Å². The van der Waals surface area contributed by atoms with Crippen molar-refractivity contribution >= 4 is 0 Å². The van der Waals surface area contributed by atoms with Gasteiger partial charge < -0.3 is 20.5 Å². The minimum absolute atomic E-state index is 1.22. The summed E-state index contributed by atoms with van der Waals surface area (Å²) in [6.45, 7) is 0. The number of hydrogen-bond donors (Lipinski definition) is 5. The Kier molecular flexibility index (Phi) is 2.81. The summed E-state index contributed by atoms with van der Waals surface area (Å²) in [5.74, 6) is 0. The molecule has 0 radical (unpaired) electrons. The molecule has 0 fully saturated rings. The van der Waals surface area contributed by atoms with Crippen LogP contribution in [0.4, 0.5) is 0 Å². The van der Waals surface area contributed by atoms with Gasteiger partial charge in [-0.15, -0.1) is 0 Å². The molecule has 0 aliphatic carbocycles. The topological polar surface area (TPSA) is 93.0 Å². The van der Waals surface area contributed by atoms with E-state index in [1.54, 1.807) is 0 Å². The molecule has 0 amide bonds. The van der Waals surface area contributed by atoms with Crippen LogP contribution in [-0.2, 0) is 0 Å². The number of aliphatic hydroxyl groups is 3. The zero-order valence-electron chi connectivity index (χ0n) is 3.44. The second kappa shape index (κ2) is 2.89. The van der Waals surface area contributed by atoms with E-state index in [1.807, 2.05) is 0 Å². The molecule has 0 aromatic heterocycles. The maximum Gasteiger partial charge on any atom is 0.194 e. The molecule has 1 atom stereocenters. The Hall–Kier alpha value is -0.200. The Balaban J connectivity index is 3.14. The fourth-order valence-corrected chi connectivity index (χ4v) is 0.0667. The Labute approximate surface area is 39.8 Å². The predicted octanol–water partition coefficient (Wildman–Crippen LogP) is -2.41. The van der Waals surface area contributed by atoms with Crippen molar-refractivity contribution in [1.29, 1.82) is 0 Å². The smallest absolute Gasteiger partial charge is 0.194 e. The highest BCUT2D eigenvalue weighted by Crippen LogP contribution is 1.78. The van der Waals surface area contributed by atoms with Crippen LogP contribution >= 0.6 is 0 Å². The second-order valence-corrected chi connectivity index (χ2v) is 0.988. The van der Waals surface area contributed by atoms with Gasteiger partial charge in [0.15, 0.2) is 12.5 Å². The Morgan fingerprint density at radius 2 is 1.57 bits per heavy atom. The third kappa shape index (κ3) is 2.49. The van der Waals surface area contributed by atoms with E-state index in [-0.39, 0.29) is 0 Å². The number of hydrogen-bond acceptors (Lipinski definition) is 5. The van der Waals surface area contributed by atoms with E-state index >= 15 is 0 Å². The zero-order valence-corrected chi connectivity index (χ0v) is 3.44. The van der Waals surface area contributed by atoms with Crippen molar-refractivity contribution in [3.05, 3.63) is 0 Å². The van der Waals surface area contributed by atoms with Crippen molar-refractivity contribution in [1.82, 2.24) is 5.48 Å². The lowest BCUT2D eigenvalue weighted by molar-refractivity contribution is -0.166. The van der Waals surface area contributed by atoms with Crippen molar-refractivity contribution in [3.63, 3.8) is 0 Å². The highest BCUT2D eigenvalue weighted by molar-refractivity contribution is 4.41. The van der Waals surface area contributed by atoms with E-state index in [0.717, 1.165) is 0 Å².